The fraction of sp³-hybridized carbons (Fsp3) is 0.950. The molecule has 160 valence electrons. The van der Waals surface area contributed by atoms with Crippen molar-refractivity contribution in [2.24, 2.45) is 4.99 Å². The first-order chi connectivity index (χ1) is 12.6. The topological polar surface area (TPSA) is 56.7 Å². The lowest BCUT2D eigenvalue weighted by molar-refractivity contribution is 0.160. The molecule has 0 spiro atoms. The Balaban J connectivity index is 0.00000364. The number of nitrogens with one attached hydrogen (secondary N) is 2. The Morgan fingerprint density at radius 2 is 2.00 bits per heavy atom. The van der Waals surface area contributed by atoms with Crippen molar-refractivity contribution in [2.45, 2.75) is 89.5 Å². The lowest BCUT2D eigenvalue weighted by Crippen LogP contribution is -2.46. The first kappa shape index (κ1) is 25.1. The molecule has 1 aliphatic carbocycles. The van der Waals surface area contributed by atoms with Gasteiger partial charge in [0.1, 0.15) is 0 Å². The lowest BCUT2D eigenvalue weighted by Gasteiger charge is -2.33. The molecule has 4 atom stereocenters. The molecule has 4 unspecified atom stereocenters. The van der Waals surface area contributed by atoms with E-state index in [1.54, 1.807) is 0 Å². The van der Waals surface area contributed by atoms with E-state index in [0.717, 1.165) is 63.1 Å². The van der Waals surface area contributed by atoms with E-state index in [-0.39, 0.29) is 24.0 Å². The van der Waals surface area contributed by atoms with Gasteiger partial charge in [-0.1, -0.05) is 19.8 Å². The van der Waals surface area contributed by atoms with Crippen LogP contribution in [-0.4, -0.2) is 64.3 Å². The second-order valence-corrected chi connectivity index (χ2v) is 9.80. The summed E-state index contributed by atoms with van der Waals surface area (Å²) in [6.07, 6.45) is 9.64. The lowest BCUT2D eigenvalue weighted by atomic mass is 9.95. The summed E-state index contributed by atoms with van der Waals surface area (Å²) < 4.78 is 12.1. The van der Waals surface area contributed by atoms with Crippen LogP contribution in [0.4, 0.5) is 0 Å². The van der Waals surface area contributed by atoms with Crippen LogP contribution >= 0.6 is 24.0 Å². The Bertz CT molecular complexity index is 463. The number of likely N-dealkylation sites (tertiary alicyclic amines) is 1. The van der Waals surface area contributed by atoms with E-state index in [0.29, 0.717) is 11.3 Å². The third-order valence-electron chi connectivity index (χ3n) is 5.78. The van der Waals surface area contributed by atoms with Gasteiger partial charge in [-0.15, -0.1) is 24.0 Å². The maximum atomic E-state index is 12.1. The molecule has 5 nitrogen and oxygen atoms in total. The highest BCUT2D eigenvalue weighted by molar-refractivity contribution is 14.0. The van der Waals surface area contributed by atoms with E-state index in [4.69, 9.17) is 4.99 Å². The Hall–Kier alpha value is 0.110. The van der Waals surface area contributed by atoms with Crippen LogP contribution in [0.3, 0.4) is 0 Å². The average molecular weight is 513 g/mol. The predicted octanol–water partition coefficient (Wildman–Crippen LogP) is 3.50. The van der Waals surface area contributed by atoms with E-state index in [1.807, 2.05) is 6.92 Å². The average Bonchev–Trinajstić information content (AvgIpc) is 2.66. The maximum Gasteiger partial charge on any atom is 0.191 e. The largest absolute Gasteiger partial charge is 0.357 e. The van der Waals surface area contributed by atoms with Gasteiger partial charge < -0.3 is 15.5 Å². The number of hydrogen-bond donors (Lipinski definition) is 2. The van der Waals surface area contributed by atoms with Gasteiger partial charge in [0.05, 0.1) is 0 Å². The molecule has 0 aromatic heterocycles. The van der Waals surface area contributed by atoms with Gasteiger partial charge in [0.25, 0.3) is 0 Å². The smallest absolute Gasteiger partial charge is 0.191 e. The number of rotatable bonds is 8. The molecule has 7 heteroatoms. The summed E-state index contributed by atoms with van der Waals surface area (Å²) >= 11 is 0. The molecule has 1 saturated heterocycles. The summed E-state index contributed by atoms with van der Waals surface area (Å²) in [5.74, 6) is 1.72. The molecule has 1 aliphatic heterocycles. The van der Waals surface area contributed by atoms with Gasteiger partial charge in [0, 0.05) is 53.5 Å². The SMILES string of the molecule is CCNC(=NCCCN1CCCCC1C)NC1CCCC(S(=O)CC)C1.I. The monoisotopic (exact) mass is 512 g/mol. The van der Waals surface area contributed by atoms with E-state index in [1.165, 1.54) is 32.2 Å². The molecule has 1 heterocycles. The standard InChI is InChI=1S/C20H40N4OS.HI/c1-4-21-20(22-13-9-15-24-14-7-6-10-17(24)3)23-18-11-8-12-19(16-18)26(25)5-2;/h17-19H,4-16H2,1-3H3,(H2,21,22,23);1H. The third kappa shape index (κ3) is 8.98. The molecule has 0 aromatic carbocycles. The van der Waals surface area contributed by atoms with Crippen LogP contribution in [0.25, 0.3) is 0 Å². The minimum atomic E-state index is -0.672. The molecule has 0 bridgehead atoms. The molecule has 0 radical (unpaired) electrons. The minimum absolute atomic E-state index is 0. The van der Waals surface area contributed by atoms with Crippen molar-refractivity contribution in [3.63, 3.8) is 0 Å². The number of piperidine rings is 1. The number of halogens is 1. The predicted molar refractivity (Wildman–Crippen MR) is 129 cm³/mol. The molecule has 1 saturated carbocycles. The Morgan fingerprint density at radius 3 is 2.70 bits per heavy atom. The van der Waals surface area contributed by atoms with Crippen LogP contribution in [0.1, 0.15) is 72.1 Å². The zero-order valence-electron chi connectivity index (χ0n) is 17.5. The number of hydrogen-bond acceptors (Lipinski definition) is 3. The summed E-state index contributed by atoms with van der Waals surface area (Å²) in [4.78, 5) is 7.42. The fourth-order valence-electron chi connectivity index (χ4n) is 4.22. The van der Waals surface area contributed by atoms with E-state index in [9.17, 15) is 4.21 Å². The van der Waals surface area contributed by atoms with Gasteiger partial charge >= 0.3 is 0 Å². The van der Waals surface area contributed by atoms with Crippen molar-refractivity contribution in [1.29, 1.82) is 0 Å². The molecule has 2 rings (SSSR count). The molecular formula is C20H41IN4OS. The van der Waals surface area contributed by atoms with Crippen LogP contribution in [-0.2, 0) is 10.8 Å². The van der Waals surface area contributed by atoms with Crippen LogP contribution in [0.2, 0.25) is 0 Å². The van der Waals surface area contributed by atoms with Crippen molar-refractivity contribution >= 4 is 40.7 Å². The highest BCUT2D eigenvalue weighted by Gasteiger charge is 2.26. The Labute approximate surface area is 186 Å². The van der Waals surface area contributed by atoms with Crippen molar-refractivity contribution in [2.75, 3.05) is 31.9 Å². The maximum absolute atomic E-state index is 12.1. The summed E-state index contributed by atoms with van der Waals surface area (Å²) in [6.45, 7) is 10.7. The number of aliphatic imine (C=N–C) groups is 1. The Morgan fingerprint density at radius 1 is 1.19 bits per heavy atom. The second kappa shape index (κ2) is 14.1. The highest BCUT2D eigenvalue weighted by Crippen LogP contribution is 2.23. The normalized spacial score (nSPS) is 28.3. The zero-order valence-corrected chi connectivity index (χ0v) is 20.7. The quantitative estimate of drug-likeness (QED) is 0.226. The fourth-order valence-corrected chi connectivity index (χ4v) is 5.57. The first-order valence-corrected chi connectivity index (χ1v) is 12.2. The van der Waals surface area contributed by atoms with Crippen LogP contribution in [0.15, 0.2) is 4.99 Å². The van der Waals surface area contributed by atoms with E-state index < -0.39 is 10.8 Å². The third-order valence-corrected chi connectivity index (χ3v) is 7.52. The van der Waals surface area contributed by atoms with Gasteiger partial charge in [0.15, 0.2) is 5.96 Å². The van der Waals surface area contributed by atoms with Crippen LogP contribution < -0.4 is 10.6 Å². The summed E-state index contributed by atoms with van der Waals surface area (Å²) in [5, 5.41) is 7.34. The minimum Gasteiger partial charge on any atom is -0.357 e. The van der Waals surface area contributed by atoms with E-state index >= 15 is 0 Å². The first-order valence-electron chi connectivity index (χ1n) is 10.8. The van der Waals surface area contributed by atoms with Crippen molar-refractivity contribution in [3.8, 4) is 0 Å². The summed E-state index contributed by atoms with van der Waals surface area (Å²) in [5.41, 5.74) is 0. The zero-order chi connectivity index (χ0) is 18.8. The molecule has 0 amide bonds. The van der Waals surface area contributed by atoms with Gasteiger partial charge in [-0.2, -0.15) is 0 Å². The molecule has 27 heavy (non-hydrogen) atoms. The molecule has 2 aliphatic rings. The summed E-state index contributed by atoms with van der Waals surface area (Å²) in [7, 11) is -0.672. The van der Waals surface area contributed by atoms with Crippen molar-refractivity contribution in [3.05, 3.63) is 0 Å². The molecular weight excluding hydrogens is 471 g/mol. The molecule has 2 fully saturated rings. The van der Waals surface area contributed by atoms with E-state index in [2.05, 4.69) is 29.4 Å². The van der Waals surface area contributed by atoms with Crippen LogP contribution in [0, 0.1) is 0 Å². The van der Waals surface area contributed by atoms with Gasteiger partial charge in [-0.3, -0.25) is 9.20 Å². The van der Waals surface area contributed by atoms with Gasteiger partial charge in [-0.25, -0.2) is 0 Å². The number of nitrogens with zero attached hydrogens (tertiary/aromatic N) is 2. The van der Waals surface area contributed by atoms with Gasteiger partial charge in [0.2, 0.25) is 0 Å². The van der Waals surface area contributed by atoms with Crippen molar-refractivity contribution < 1.29 is 4.21 Å². The van der Waals surface area contributed by atoms with Crippen molar-refractivity contribution in [1.82, 2.24) is 15.5 Å². The summed E-state index contributed by atoms with van der Waals surface area (Å²) in [6, 6.07) is 1.14. The highest BCUT2D eigenvalue weighted by atomic mass is 127. The molecule has 0 aromatic rings. The number of guanidine groups is 1. The second-order valence-electron chi connectivity index (χ2n) is 7.79. The van der Waals surface area contributed by atoms with Crippen LogP contribution in [0.5, 0.6) is 0 Å². The van der Waals surface area contributed by atoms with Gasteiger partial charge in [-0.05, 0) is 58.9 Å². The molecule has 2 N–H and O–H groups in total. The Kier molecular flexibility index (Phi) is 13.2.